The summed E-state index contributed by atoms with van der Waals surface area (Å²) in [7, 11) is 0. The molecule has 116 valence electrons. The van der Waals surface area contributed by atoms with E-state index in [1.54, 1.807) is 0 Å². The van der Waals surface area contributed by atoms with Gasteiger partial charge >= 0.3 is 0 Å². The minimum absolute atomic E-state index is 0.373. The molecule has 2 nitrogen and oxygen atoms in total. The van der Waals surface area contributed by atoms with E-state index in [-0.39, 0.29) is 0 Å². The van der Waals surface area contributed by atoms with Crippen LogP contribution >= 0.6 is 0 Å². The first-order chi connectivity index (χ1) is 9.83. The molecule has 2 spiro atoms. The van der Waals surface area contributed by atoms with Gasteiger partial charge in [0, 0.05) is 13.2 Å². The van der Waals surface area contributed by atoms with Gasteiger partial charge in [-0.1, -0.05) is 38.5 Å². The zero-order valence-electron chi connectivity index (χ0n) is 13.1. The highest BCUT2D eigenvalue weighted by Crippen LogP contribution is 2.42. The molecule has 0 atom stereocenters. The van der Waals surface area contributed by atoms with E-state index >= 15 is 0 Å². The quantitative estimate of drug-likeness (QED) is 0.631. The van der Waals surface area contributed by atoms with Crippen molar-refractivity contribution in [3.05, 3.63) is 0 Å². The lowest BCUT2D eigenvalue weighted by atomic mass is 9.74. The van der Waals surface area contributed by atoms with Gasteiger partial charge in [0.15, 0.2) is 0 Å². The Bertz CT molecular complexity index is 242. The first-order valence-corrected chi connectivity index (χ1v) is 9.05. The van der Waals surface area contributed by atoms with Crippen molar-refractivity contribution in [2.45, 2.75) is 89.1 Å². The maximum Gasteiger partial charge on any atom is 0.0683 e. The Labute approximate surface area is 124 Å². The summed E-state index contributed by atoms with van der Waals surface area (Å²) in [5.41, 5.74) is 1.02. The van der Waals surface area contributed by atoms with Gasteiger partial charge in [0.1, 0.15) is 0 Å². The molecule has 2 saturated carbocycles. The average Bonchev–Trinajstić information content (AvgIpc) is 3.12. The Kier molecular flexibility index (Phi) is 5.04. The molecule has 4 aliphatic rings. The predicted octanol–water partition coefficient (Wildman–Crippen LogP) is 4.86. The summed E-state index contributed by atoms with van der Waals surface area (Å²) in [6, 6.07) is 0. The Morgan fingerprint density at radius 1 is 0.550 bits per heavy atom. The van der Waals surface area contributed by atoms with Crippen LogP contribution in [0.4, 0.5) is 0 Å². The summed E-state index contributed by atoms with van der Waals surface area (Å²) in [6.07, 6.45) is 18.1. The van der Waals surface area contributed by atoms with Crippen molar-refractivity contribution in [3.63, 3.8) is 0 Å². The van der Waals surface area contributed by atoms with Gasteiger partial charge < -0.3 is 9.47 Å². The minimum Gasteiger partial charge on any atom is -0.381 e. The molecule has 4 rings (SSSR count). The maximum atomic E-state index is 5.78. The fourth-order valence-corrected chi connectivity index (χ4v) is 4.69. The molecule has 2 saturated heterocycles. The molecule has 0 aromatic rings. The van der Waals surface area contributed by atoms with Gasteiger partial charge in [-0.3, -0.25) is 0 Å². The Hall–Kier alpha value is -0.0800. The Morgan fingerprint density at radius 3 is 1.75 bits per heavy atom. The van der Waals surface area contributed by atoms with Crippen molar-refractivity contribution in [3.8, 4) is 0 Å². The van der Waals surface area contributed by atoms with Crippen LogP contribution < -0.4 is 0 Å². The molecular weight excluding hydrogens is 248 g/mol. The van der Waals surface area contributed by atoms with Crippen LogP contribution in [-0.4, -0.2) is 25.4 Å². The molecule has 0 aromatic heterocycles. The molecule has 2 heteroatoms. The Balaban J connectivity index is 0.000000121. The van der Waals surface area contributed by atoms with E-state index < -0.39 is 0 Å². The number of rotatable bonds is 0. The van der Waals surface area contributed by atoms with Crippen molar-refractivity contribution in [2.75, 3.05) is 19.8 Å². The molecule has 2 heterocycles. The van der Waals surface area contributed by atoms with Crippen LogP contribution in [0.25, 0.3) is 0 Å². The zero-order valence-corrected chi connectivity index (χ0v) is 13.1. The van der Waals surface area contributed by atoms with Gasteiger partial charge in [0.05, 0.1) is 12.2 Å². The molecule has 4 fully saturated rings. The first kappa shape index (κ1) is 14.8. The average molecular weight is 280 g/mol. The highest BCUT2D eigenvalue weighted by atomic mass is 16.5. The molecule has 0 bridgehead atoms. The second kappa shape index (κ2) is 6.79. The van der Waals surface area contributed by atoms with Crippen LogP contribution in [0, 0.1) is 5.41 Å². The summed E-state index contributed by atoms with van der Waals surface area (Å²) in [5.74, 6) is 0. The number of ether oxygens (including phenoxy) is 2. The summed E-state index contributed by atoms with van der Waals surface area (Å²) in [4.78, 5) is 0. The molecule has 0 aromatic carbocycles. The van der Waals surface area contributed by atoms with E-state index in [0.717, 1.165) is 19.8 Å². The van der Waals surface area contributed by atoms with Crippen LogP contribution in [-0.2, 0) is 9.47 Å². The molecule has 0 N–H and O–H groups in total. The van der Waals surface area contributed by atoms with Crippen LogP contribution in [0.3, 0.4) is 0 Å². The molecule has 2 aliphatic carbocycles. The van der Waals surface area contributed by atoms with Gasteiger partial charge in [-0.15, -0.1) is 0 Å². The second-order valence-corrected chi connectivity index (χ2v) is 7.56. The van der Waals surface area contributed by atoms with Crippen molar-refractivity contribution < 1.29 is 9.47 Å². The van der Waals surface area contributed by atoms with E-state index in [0.29, 0.717) is 11.0 Å². The lowest BCUT2D eigenvalue weighted by Crippen LogP contribution is -2.29. The van der Waals surface area contributed by atoms with E-state index in [1.165, 1.54) is 83.5 Å². The normalized spacial score (nSPS) is 31.2. The van der Waals surface area contributed by atoms with Gasteiger partial charge in [-0.25, -0.2) is 0 Å². The SMILES string of the molecule is C1CCC2(CC1)CCCO2.C1CCC2(CC1)CCOC2. The van der Waals surface area contributed by atoms with E-state index in [2.05, 4.69) is 0 Å². The first-order valence-electron chi connectivity index (χ1n) is 9.05. The van der Waals surface area contributed by atoms with Crippen LogP contribution in [0.15, 0.2) is 0 Å². The van der Waals surface area contributed by atoms with Gasteiger partial charge in [-0.2, -0.15) is 0 Å². The monoisotopic (exact) mass is 280 g/mol. The molecular formula is C18H32O2. The maximum absolute atomic E-state index is 5.78. The minimum atomic E-state index is 0.373. The zero-order chi connectivity index (χ0) is 13.7. The lowest BCUT2D eigenvalue weighted by Gasteiger charge is -2.32. The van der Waals surface area contributed by atoms with E-state index in [9.17, 15) is 0 Å². The van der Waals surface area contributed by atoms with Crippen molar-refractivity contribution in [1.29, 1.82) is 0 Å². The highest BCUT2D eigenvalue weighted by molar-refractivity contribution is 4.87. The van der Waals surface area contributed by atoms with Crippen LogP contribution in [0.2, 0.25) is 0 Å². The Morgan fingerprint density at radius 2 is 1.20 bits per heavy atom. The molecule has 0 amide bonds. The summed E-state index contributed by atoms with van der Waals surface area (Å²) >= 11 is 0. The molecule has 20 heavy (non-hydrogen) atoms. The number of hydrogen-bond donors (Lipinski definition) is 0. The summed E-state index contributed by atoms with van der Waals surface area (Å²) < 4.78 is 11.2. The van der Waals surface area contributed by atoms with Gasteiger partial charge in [-0.05, 0) is 50.4 Å². The lowest BCUT2D eigenvalue weighted by molar-refractivity contribution is -0.0243. The van der Waals surface area contributed by atoms with Gasteiger partial charge in [0.25, 0.3) is 0 Å². The second-order valence-electron chi connectivity index (χ2n) is 7.56. The van der Waals surface area contributed by atoms with Crippen LogP contribution in [0.1, 0.15) is 83.5 Å². The van der Waals surface area contributed by atoms with Crippen molar-refractivity contribution >= 4 is 0 Å². The van der Waals surface area contributed by atoms with Gasteiger partial charge in [0.2, 0.25) is 0 Å². The topological polar surface area (TPSA) is 18.5 Å². The third-order valence-corrected chi connectivity index (χ3v) is 6.05. The number of hydrogen-bond acceptors (Lipinski definition) is 2. The van der Waals surface area contributed by atoms with E-state index in [1.807, 2.05) is 0 Å². The predicted molar refractivity (Wildman–Crippen MR) is 82.0 cm³/mol. The van der Waals surface area contributed by atoms with Crippen molar-refractivity contribution in [1.82, 2.24) is 0 Å². The highest BCUT2D eigenvalue weighted by Gasteiger charge is 2.36. The standard InChI is InChI=1S/2C9H16O/c1-2-5-9(6-3-1)7-4-8-10-9;1-2-4-9(5-3-1)6-7-10-8-9/h2*1-8H2. The molecule has 2 aliphatic heterocycles. The third kappa shape index (κ3) is 3.57. The third-order valence-electron chi connectivity index (χ3n) is 6.05. The van der Waals surface area contributed by atoms with E-state index in [4.69, 9.17) is 9.47 Å². The van der Waals surface area contributed by atoms with Crippen molar-refractivity contribution in [2.24, 2.45) is 5.41 Å². The summed E-state index contributed by atoms with van der Waals surface area (Å²) in [5, 5.41) is 0. The fourth-order valence-electron chi connectivity index (χ4n) is 4.69. The molecule has 0 radical (unpaired) electrons. The largest absolute Gasteiger partial charge is 0.381 e. The smallest absolute Gasteiger partial charge is 0.0683 e. The molecule has 0 unspecified atom stereocenters. The van der Waals surface area contributed by atoms with Crippen LogP contribution in [0.5, 0.6) is 0 Å². The summed E-state index contributed by atoms with van der Waals surface area (Å²) in [6.45, 7) is 3.12. The fraction of sp³-hybridized carbons (Fsp3) is 1.00.